The van der Waals surface area contributed by atoms with Gasteiger partial charge in [0.1, 0.15) is 13.2 Å². The second kappa shape index (κ2) is 12.2. The van der Waals surface area contributed by atoms with Crippen LogP contribution in [0.5, 0.6) is 23.0 Å². The summed E-state index contributed by atoms with van der Waals surface area (Å²) in [5.41, 5.74) is 1.76. The van der Waals surface area contributed by atoms with Gasteiger partial charge in [0, 0.05) is 12.8 Å². The van der Waals surface area contributed by atoms with Crippen LogP contribution >= 0.6 is 0 Å². The fourth-order valence-electron chi connectivity index (χ4n) is 3.78. The number of carbonyl (C=O) groups excluding carboxylic acids is 2. The minimum Gasteiger partial charge on any atom is -0.461 e. The summed E-state index contributed by atoms with van der Waals surface area (Å²) < 4.78 is 31.9. The summed E-state index contributed by atoms with van der Waals surface area (Å²) in [6.45, 7) is 0.927. The third-order valence-corrected chi connectivity index (χ3v) is 5.69. The van der Waals surface area contributed by atoms with Crippen molar-refractivity contribution in [1.29, 1.82) is 0 Å². The molecule has 4 rings (SSSR count). The van der Waals surface area contributed by atoms with Crippen LogP contribution in [0.3, 0.4) is 0 Å². The zero-order valence-electron chi connectivity index (χ0n) is 19.2. The van der Waals surface area contributed by atoms with Gasteiger partial charge in [-0.25, -0.2) is 0 Å². The van der Waals surface area contributed by atoms with Crippen LogP contribution in [-0.2, 0) is 32.3 Å². The maximum atomic E-state index is 11.9. The van der Waals surface area contributed by atoms with Crippen molar-refractivity contribution in [3.63, 3.8) is 0 Å². The minimum atomic E-state index is -0.192. The van der Waals surface area contributed by atoms with E-state index < -0.39 is 0 Å². The van der Waals surface area contributed by atoms with E-state index in [1.807, 2.05) is 36.4 Å². The van der Waals surface area contributed by atoms with Crippen molar-refractivity contribution in [2.24, 2.45) is 0 Å². The summed E-state index contributed by atoms with van der Waals surface area (Å²) in [5.74, 6) is 2.42. The summed E-state index contributed by atoms with van der Waals surface area (Å²) in [6.07, 6.45) is 6.42. The zero-order valence-corrected chi connectivity index (χ0v) is 19.2. The van der Waals surface area contributed by atoms with Gasteiger partial charge in [0.15, 0.2) is 23.0 Å². The van der Waals surface area contributed by atoms with E-state index in [-0.39, 0.29) is 38.7 Å². The van der Waals surface area contributed by atoms with E-state index >= 15 is 0 Å². The Hall–Kier alpha value is -3.42. The first kappa shape index (κ1) is 23.7. The van der Waals surface area contributed by atoms with Gasteiger partial charge in [0.2, 0.25) is 13.6 Å². The summed E-state index contributed by atoms with van der Waals surface area (Å²) >= 11 is 0. The Morgan fingerprint density at radius 3 is 1.47 bits per heavy atom. The lowest BCUT2D eigenvalue weighted by Gasteiger charge is -2.07. The van der Waals surface area contributed by atoms with Crippen molar-refractivity contribution in [3.8, 4) is 23.0 Å². The molecule has 8 heteroatoms. The van der Waals surface area contributed by atoms with Gasteiger partial charge in [-0.15, -0.1) is 0 Å². The monoisotopic (exact) mass is 470 g/mol. The molecule has 0 bridgehead atoms. The number of hydrogen-bond donors (Lipinski definition) is 0. The van der Waals surface area contributed by atoms with Gasteiger partial charge in [-0.2, -0.15) is 0 Å². The second-order valence-corrected chi connectivity index (χ2v) is 8.32. The summed E-state index contributed by atoms with van der Waals surface area (Å²) in [5, 5.41) is 0. The number of ether oxygens (including phenoxy) is 6. The molecule has 0 unspecified atom stereocenters. The van der Waals surface area contributed by atoms with Crippen LogP contribution in [-0.4, -0.2) is 25.5 Å². The third kappa shape index (κ3) is 7.04. The van der Waals surface area contributed by atoms with E-state index in [9.17, 15) is 9.59 Å². The Labute approximate surface area is 199 Å². The smallest absolute Gasteiger partial charge is 0.306 e. The van der Waals surface area contributed by atoms with E-state index in [1.54, 1.807) is 0 Å². The standard InChI is InChI=1S/C26H30O8/c27-25(29-15-19-9-11-21-23(13-19)33-17-31-21)7-5-3-1-2-4-6-8-26(28)30-16-20-10-12-22-24(14-20)34-18-32-22/h9-14H,1-8,15-18H2. The molecule has 0 fully saturated rings. The highest BCUT2D eigenvalue weighted by Crippen LogP contribution is 2.33. The largest absolute Gasteiger partial charge is 0.461 e. The van der Waals surface area contributed by atoms with Crippen molar-refractivity contribution in [2.75, 3.05) is 13.6 Å². The number of carbonyl (C=O) groups is 2. The van der Waals surface area contributed by atoms with Crippen LogP contribution in [0.2, 0.25) is 0 Å². The van der Waals surface area contributed by atoms with Gasteiger partial charge >= 0.3 is 11.9 Å². The molecule has 0 radical (unpaired) electrons. The average Bonchev–Trinajstić information content (AvgIpc) is 3.51. The van der Waals surface area contributed by atoms with E-state index in [1.165, 1.54) is 0 Å². The molecule has 182 valence electrons. The van der Waals surface area contributed by atoms with Crippen LogP contribution in [0.15, 0.2) is 36.4 Å². The lowest BCUT2D eigenvalue weighted by atomic mass is 10.1. The first-order valence-corrected chi connectivity index (χ1v) is 11.8. The van der Waals surface area contributed by atoms with E-state index in [0.29, 0.717) is 35.8 Å². The lowest BCUT2D eigenvalue weighted by Crippen LogP contribution is -2.04. The quantitative estimate of drug-likeness (QED) is 0.297. The molecule has 0 atom stereocenters. The van der Waals surface area contributed by atoms with Gasteiger partial charge in [0.25, 0.3) is 0 Å². The van der Waals surface area contributed by atoms with E-state index in [4.69, 9.17) is 28.4 Å². The SMILES string of the molecule is O=C(CCCCCCCCC(=O)OCc1ccc2c(c1)OCO2)OCc1ccc2c(c1)OCO2. The number of rotatable bonds is 13. The van der Waals surface area contributed by atoms with Gasteiger partial charge < -0.3 is 28.4 Å². The Morgan fingerprint density at radius 1 is 0.588 bits per heavy atom. The van der Waals surface area contributed by atoms with Crippen LogP contribution in [0.1, 0.15) is 62.5 Å². The molecule has 2 aliphatic rings. The molecule has 0 aromatic heterocycles. The highest BCUT2D eigenvalue weighted by molar-refractivity contribution is 5.69. The fourth-order valence-corrected chi connectivity index (χ4v) is 3.78. The minimum absolute atomic E-state index is 0.192. The predicted octanol–water partition coefficient (Wildman–Crippen LogP) is 5.05. The van der Waals surface area contributed by atoms with Crippen molar-refractivity contribution >= 4 is 11.9 Å². The first-order chi connectivity index (χ1) is 16.7. The van der Waals surface area contributed by atoms with Crippen molar-refractivity contribution in [1.82, 2.24) is 0 Å². The number of fused-ring (bicyclic) bond motifs is 2. The van der Waals surface area contributed by atoms with E-state index in [2.05, 4.69) is 0 Å². The molecular weight excluding hydrogens is 440 g/mol. The highest BCUT2D eigenvalue weighted by Gasteiger charge is 2.15. The van der Waals surface area contributed by atoms with Crippen LogP contribution in [0, 0.1) is 0 Å². The number of esters is 2. The van der Waals surface area contributed by atoms with Crippen LogP contribution in [0.25, 0.3) is 0 Å². The summed E-state index contributed by atoms with van der Waals surface area (Å²) in [6, 6.07) is 11.1. The van der Waals surface area contributed by atoms with Crippen LogP contribution in [0.4, 0.5) is 0 Å². The van der Waals surface area contributed by atoms with Gasteiger partial charge in [-0.3, -0.25) is 9.59 Å². The summed E-state index contributed by atoms with van der Waals surface area (Å²) in [4.78, 5) is 23.9. The Morgan fingerprint density at radius 2 is 1.00 bits per heavy atom. The normalized spacial score (nSPS) is 13.1. The fraction of sp³-hybridized carbons (Fsp3) is 0.462. The van der Waals surface area contributed by atoms with Crippen LogP contribution < -0.4 is 18.9 Å². The van der Waals surface area contributed by atoms with Gasteiger partial charge in [0.05, 0.1) is 0 Å². The second-order valence-electron chi connectivity index (χ2n) is 8.32. The predicted molar refractivity (Wildman–Crippen MR) is 122 cm³/mol. The highest BCUT2D eigenvalue weighted by atomic mass is 16.7. The topological polar surface area (TPSA) is 89.5 Å². The molecule has 2 aliphatic heterocycles. The molecule has 0 saturated carbocycles. The molecular formula is C26H30O8. The van der Waals surface area contributed by atoms with Gasteiger partial charge in [-0.05, 0) is 48.2 Å². The number of benzene rings is 2. The molecule has 0 spiro atoms. The van der Waals surface area contributed by atoms with Gasteiger partial charge in [-0.1, -0.05) is 37.8 Å². The Balaban J connectivity index is 0.976. The molecule has 2 heterocycles. The molecule has 2 aromatic carbocycles. The molecule has 8 nitrogen and oxygen atoms in total. The molecule has 0 saturated heterocycles. The molecule has 0 N–H and O–H groups in total. The first-order valence-electron chi connectivity index (χ1n) is 11.8. The van der Waals surface area contributed by atoms with Crippen molar-refractivity contribution < 1.29 is 38.0 Å². The van der Waals surface area contributed by atoms with Crippen molar-refractivity contribution in [2.45, 2.75) is 64.6 Å². The number of hydrogen-bond acceptors (Lipinski definition) is 8. The zero-order chi connectivity index (χ0) is 23.6. The Bertz CT molecular complexity index is 907. The molecule has 2 aromatic rings. The molecule has 0 aliphatic carbocycles. The third-order valence-electron chi connectivity index (χ3n) is 5.69. The number of unbranched alkanes of at least 4 members (excludes halogenated alkanes) is 5. The molecule has 0 amide bonds. The molecule has 34 heavy (non-hydrogen) atoms. The van der Waals surface area contributed by atoms with E-state index in [0.717, 1.165) is 49.7 Å². The maximum Gasteiger partial charge on any atom is 0.306 e. The maximum absolute atomic E-state index is 11.9. The summed E-state index contributed by atoms with van der Waals surface area (Å²) in [7, 11) is 0. The average molecular weight is 471 g/mol. The lowest BCUT2D eigenvalue weighted by molar-refractivity contribution is -0.146. The van der Waals surface area contributed by atoms with Crippen molar-refractivity contribution in [3.05, 3.63) is 47.5 Å². The Kier molecular flexibility index (Phi) is 8.48.